The molecule has 0 unspecified atom stereocenters. The van der Waals surface area contributed by atoms with Gasteiger partial charge in [0, 0.05) is 44.6 Å². The number of carbonyl (C=O) groups is 2. The summed E-state index contributed by atoms with van der Waals surface area (Å²) in [4.78, 5) is 33.4. The molecule has 2 aromatic rings. The number of aryl methyl sites for hydroxylation is 1. The van der Waals surface area contributed by atoms with Gasteiger partial charge in [-0.25, -0.2) is 0 Å². The molecule has 0 N–H and O–H groups in total. The van der Waals surface area contributed by atoms with E-state index in [1.165, 1.54) is 0 Å². The molecule has 28 heavy (non-hydrogen) atoms. The number of hydrogen-bond acceptors (Lipinski definition) is 4. The van der Waals surface area contributed by atoms with Gasteiger partial charge in [0.1, 0.15) is 11.4 Å². The number of fused-ring (bicyclic) bond motifs is 1. The zero-order valence-corrected chi connectivity index (χ0v) is 16.5. The Kier molecular flexibility index (Phi) is 4.79. The maximum Gasteiger partial charge on any atom is 0.272 e. The first-order chi connectivity index (χ1) is 13.5. The lowest BCUT2D eigenvalue weighted by atomic mass is 9.89. The monoisotopic (exact) mass is 379 g/mol. The Morgan fingerprint density at radius 3 is 2.50 bits per heavy atom. The fourth-order valence-electron chi connectivity index (χ4n) is 4.62. The Morgan fingerprint density at radius 2 is 1.86 bits per heavy atom. The SMILES string of the molecule is COc1ccc([C@H]2[C@@H]3CN(C(=O)c4ncccc4C)C[C@@H]3CN2C(C)=O)cc1. The van der Waals surface area contributed by atoms with Gasteiger partial charge in [-0.15, -0.1) is 0 Å². The molecule has 2 fully saturated rings. The van der Waals surface area contributed by atoms with Crippen molar-refractivity contribution in [1.82, 2.24) is 14.8 Å². The average molecular weight is 379 g/mol. The second-order valence-corrected chi connectivity index (χ2v) is 7.69. The van der Waals surface area contributed by atoms with Crippen molar-refractivity contribution in [2.24, 2.45) is 11.8 Å². The lowest BCUT2D eigenvalue weighted by molar-refractivity contribution is -0.130. The first-order valence-corrected chi connectivity index (χ1v) is 9.61. The van der Waals surface area contributed by atoms with Gasteiger partial charge in [-0.2, -0.15) is 0 Å². The van der Waals surface area contributed by atoms with Gasteiger partial charge in [0.15, 0.2) is 0 Å². The number of benzene rings is 1. The van der Waals surface area contributed by atoms with Crippen molar-refractivity contribution in [3.8, 4) is 5.75 Å². The number of nitrogens with zero attached hydrogens (tertiary/aromatic N) is 3. The molecule has 1 aromatic heterocycles. The van der Waals surface area contributed by atoms with E-state index in [4.69, 9.17) is 4.74 Å². The molecule has 3 atom stereocenters. The highest BCUT2D eigenvalue weighted by molar-refractivity contribution is 5.93. The lowest BCUT2D eigenvalue weighted by Gasteiger charge is -2.29. The van der Waals surface area contributed by atoms with Crippen molar-refractivity contribution < 1.29 is 14.3 Å². The molecule has 0 radical (unpaired) electrons. The van der Waals surface area contributed by atoms with Crippen LogP contribution in [0.15, 0.2) is 42.6 Å². The van der Waals surface area contributed by atoms with Crippen LogP contribution in [0.2, 0.25) is 0 Å². The molecule has 3 heterocycles. The van der Waals surface area contributed by atoms with Crippen LogP contribution in [0.3, 0.4) is 0 Å². The first-order valence-electron chi connectivity index (χ1n) is 9.61. The van der Waals surface area contributed by atoms with E-state index in [1.54, 1.807) is 20.2 Å². The van der Waals surface area contributed by atoms with Crippen molar-refractivity contribution in [3.63, 3.8) is 0 Å². The fourth-order valence-corrected chi connectivity index (χ4v) is 4.62. The van der Waals surface area contributed by atoms with Crippen LogP contribution in [0.4, 0.5) is 0 Å². The van der Waals surface area contributed by atoms with Crippen LogP contribution in [0.5, 0.6) is 5.75 Å². The van der Waals surface area contributed by atoms with Crippen molar-refractivity contribution in [3.05, 3.63) is 59.4 Å². The summed E-state index contributed by atoms with van der Waals surface area (Å²) < 4.78 is 5.26. The first kappa shape index (κ1) is 18.5. The topological polar surface area (TPSA) is 62.7 Å². The quantitative estimate of drug-likeness (QED) is 0.823. The van der Waals surface area contributed by atoms with E-state index < -0.39 is 0 Å². The Balaban J connectivity index is 1.59. The molecule has 1 aromatic carbocycles. The van der Waals surface area contributed by atoms with Crippen LogP contribution in [0, 0.1) is 18.8 Å². The van der Waals surface area contributed by atoms with Crippen molar-refractivity contribution in [2.75, 3.05) is 26.7 Å². The predicted molar refractivity (Wildman–Crippen MR) is 105 cm³/mol. The fraction of sp³-hybridized carbons (Fsp3) is 0.409. The molecule has 6 heteroatoms. The third kappa shape index (κ3) is 3.13. The Bertz CT molecular complexity index is 896. The number of amides is 2. The standard InChI is InChI=1S/C22H25N3O3/c1-14-5-4-10-23-20(14)22(27)24-11-17-12-25(15(2)26)21(19(17)13-24)16-6-8-18(28-3)9-7-16/h4-10,17,19,21H,11-13H2,1-3H3/t17-,19-,21+/m1/s1. The molecule has 0 aliphatic carbocycles. The lowest BCUT2D eigenvalue weighted by Crippen LogP contribution is -2.37. The number of methoxy groups -OCH3 is 1. The second-order valence-electron chi connectivity index (χ2n) is 7.69. The maximum absolute atomic E-state index is 13.0. The Hall–Kier alpha value is -2.89. The molecular formula is C22H25N3O3. The van der Waals surface area contributed by atoms with Gasteiger partial charge in [-0.1, -0.05) is 18.2 Å². The number of aromatic nitrogens is 1. The van der Waals surface area contributed by atoms with Gasteiger partial charge in [0.05, 0.1) is 13.2 Å². The van der Waals surface area contributed by atoms with Crippen molar-refractivity contribution in [1.29, 1.82) is 0 Å². The highest BCUT2D eigenvalue weighted by Crippen LogP contribution is 2.45. The van der Waals surface area contributed by atoms with Gasteiger partial charge in [0.25, 0.3) is 5.91 Å². The van der Waals surface area contributed by atoms with Crippen molar-refractivity contribution >= 4 is 11.8 Å². The van der Waals surface area contributed by atoms with Gasteiger partial charge in [-0.3, -0.25) is 14.6 Å². The maximum atomic E-state index is 13.0. The van der Waals surface area contributed by atoms with E-state index in [0.717, 1.165) is 16.9 Å². The zero-order valence-electron chi connectivity index (χ0n) is 16.5. The van der Waals surface area contributed by atoms with E-state index in [2.05, 4.69) is 4.98 Å². The third-order valence-electron chi connectivity index (χ3n) is 6.03. The van der Waals surface area contributed by atoms with Crippen LogP contribution in [0.25, 0.3) is 0 Å². The summed E-state index contributed by atoms with van der Waals surface area (Å²) in [6.07, 6.45) is 1.66. The molecule has 0 saturated carbocycles. The smallest absolute Gasteiger partial charge is 0.272 e. The van der Waals surface area contributed by atoms with E-state index in [-0.39, 0.29) is 29.7 Å². The van der Waals surface area contributed by atoms with E-state index in [9.17, 15) is 9.59 Å². The summed E-state index contributed by atoms with van der Waals surface area (Å²) in [5, 5.41) is 0. The number of pyridine rings is 1. The van der Waals surface area contributed by atoms with Crippen LogP contribution in [-0.4, -0.2) is 53.3 Å². The minimum absolute atomic E-state index is 0.0176. The number of ether oxygens (including phenoxy) is 1. The number of rotatable bonds is 3. The van der Waals surface area contributed by atoms with Gasteiger partial charge >= 0.3 is 0 Å². The van der Waals surface area contributed by atoms with E-state index in [0.29, 0.717) is 25.3 Å². The molecule has 2 aliphatic heterocycles. The summed E-state index contributed by atoms with van der Waals surface area (Å²) in [5.41, 5.74) is 2.50. The molecular weight excluding hydrogens is 354 g/mol. The van der Waals surface area contributed by atoms with Gasteiger partial charge in [0.2, 0.25) is 5.91 Å². The summed E-state index contributed by atoms with van der Waals surface area (Å²) in [6.45, 7) is 5.52. The zero-order chi connectivity index (χ0) is 19.8. The minimum Gasteiger partial charge on any atom is -0.497 e. The Labute approximate surface area is 165 Å². The number of carbonyl (C=O) groups excluding carboxylic acids is 2. The number of likely N-dealkylation sites (tertiary alicyclic amines) is 2. The van der Waals surface area contributed by atoms with E-state index in [1.807, 2.05) is 53.1 Å². The molecule has 2 aliphatic rings. The molecule has 2 saturated heterocycles. The van der Waals surface area contributed by atoms with Crippen LogP contribution in [-0.2, 0) is 4.79 Å². The van der Waals surface area contributed by atoms with Gasteiger partial charge < -0.3 is 14.5 Å². The highest BCUT2D eigenvalue weighted by Gasteiger charge is 2.49. The molecule has 4 rings (SSSR count). The second kappa shape index (κ2) is 7.26. The molecule has 146 valence electrons. The van der Waals surface area contributed by atoms with E-state index >= 15 is 0 Å². The normalized spacial score (nSPS) is 23.6. The van der Waals surface area contributed by atoms with Crippen LogP contribution >= 0.6 is 0 Å². The summed E-state index contributed by atoms with van der Waals surface area (Å²) in [6, 6.07) is 11.6. The largest absolute Gasteiger partial charge is 0.497 e. The molecule has 6 nitrogen and oxygen atoms in total. The van der Waals surface area contributed by atoms with Crippen LogP contribution in [0.1, 0.15) is 34.6 Å². The third-order valence-corrected chi connectivity index (χ3v) is 6.03. The molecule has 2 amide bonds. The Morgan fingerprint density at radius 1 is 1.11 bits per heavy atom. The molecule has 0 bridgehead atoms. The summed E-state index contributed by atoms with van der Waals surface area (Å²) in [5.74, 6) is 1.36. The minimum atomic E-state index is -0.0182. The van der Waals surface area contributed by atoms with Gasteiger partial charge in [-0.05, 0) is 36.2 Å². The average Bonchev–Trinajstić information content (AvgIpc) is 3.26. The predicted octanol–water partition coefficient (Wildman–Crippen LogP) is 2.69. The number of hydrogen-bond donors (Lipinski definition) is 0. The summed E-state index contributed by atoms with van der Waals surface area (Å²) in [7, 11) is 1.64. The van der Waals surface area contributed by atoms with Crippen LogP contribution < -0.4 is 4.74 Å². The molecule has 0 spiro atoms. The highest BCUT2D eigenvalue weighted by atomic mass is 16.5. The summed E-state index contributed by atoms with van der Waals surface area (Å²) >= 11 is 0. The van der Waals surface area contributed by atoms with Crippen molar-refractivity contribution in [2.45, 2.75) is 19.9 Å².